The summed E-state index contributed by atoms with van der Waals surface area (Å²) in [4.78, 5) is 13.0. The van der Waals surface area contributed by atoms with Crippen molar-refractivity contribution in [2.24, 2.45) is 5.92 Å². The number of furan rings is 1. The van der Waals surface area contributed by atoms with E-state index in [0.29, 0.717) is 46.8 Å². The van der Waals surface area contributed by atoms with Crippen LogP contribution < -0.4 is 9.62 Å². The van der Waals surface area contributed by atoms with E-state index in [1.54, 1.807) is 24.3 Å². The first kappa shape index (κ1) is 28.6. The Labute approximate surface area is 239 Å². The number of fused-ring (bicyclic) bond motifs is 1. The molecule has 0 saturated heterocycles. The van der Waals surface area contributed by atoms with E-state index >= 15 is 0 Å². The summed E-state index contributed by atoms with van der Waals surface area (Å²) >= 11 is 0. The van der Waals surface area contributed by atoms with E-state index in [0.717, 1.165) is 24.0 Å². The normalized spacial score (nSPS) is 14.1. The monoisotopic (exact) mass is 576 g/mol. The van der Waals surface area contributed by atoms with Gasteiger partial charge in [0.1, 0.15) is 17.2 Å². The van der Waals surface area contributed by atoms with Gasteiger partial charge in [0.25, 0.3) is 5.91 Å². The van der Waals surface area contributed by atoms with Crippen molar-refractivity contribution in [2.75, 3.05) is 30.8 Å². The summed E-state index contributed by atoms with van der Waals surface area (Å²) in [6, 6.07) is 19.0. The number of hydrogen-bond acceptors (Lipinski definition) is 5. The SMILES string of the molecule is C=CC(COCc1ccccc1)CN(c1cc2oc(-c3ccc(F)cc3)c(C(=O)NC)c2cc1C1CC1)S(C)(=O)=O. The zero-order valence-corrected chi connectivity index (χ0v) is 23.9. The number of ether oxygens (including phenoxy) is 1. The molecule has 3 aromatic carbocycles. The molecule has 1 aliphatic rings. The van der Waals surface area contributed by atoms with Crippen LogP contribution in [0.25, 0.3) is 22.3 Å². The van der Waals surface area contributed by atoms with Crippen molar-refractivity contribution in [2.45, 2.75) is 25.4 Å². The van der Waals surface area contributed by atoms with Crippen molar-refractivity contribution in [1.82, 2.24) is 5.32 Å². The van der Waals surface area contributed by atoms with Gasteiger partial charge >= 0.3 is 0 Å². The quantitative estimate of drug-likeness (QED) is 0.201. The van der Waals surface area contributed by atoms with Crippen LogP contribution in [-0.2, 0) is 21.4 Å². The topological polar surface area (TPSA) is 88.8 Å². The van der Waals surface area contributed by atoms with Crippen LogP contribution in [-0.4, -0.2) is 40.8 Å². The van der Waals surface area contributed by atoms with E-state index in [9.17, 15) is 17.6 Å². The van der Waals surface area contributed by atoms with Gasteiger partial charge in [-0.05, 0) is 60.2 Å². The minimum atomic E-state index is -3.71. The number of carbonyl (C=O) groups is 1. The highest BCUT2D eigenvalue weighted by molar-refractivity contribution is 7.92. The van der Waals surface area contributed by atoms with Gasteiger partial charge in [-0.3, -0.25) is 9.10 Å². The molecule has 1 N–H and O–H groups in total. The highest BCUT2D eigenvalue weighted by atomic mass is 32.2. The molecule has 1 aromatic heterocycles. The summed E-state index contributed by atoms with van der Waals surface area (Å²) in [5.74, 6) is -0.568. The van der Waals surface area contributed by atoms with Gasteiger partial charge in [-0.2, -0.15) is 0 Å². The molecule has 0 radical (unpaired) electrons. The number of nitrogens with zero attached hydrogens (tertiary/aromatic N) is 1. The van der Waals surface area contributed by atoms with Crippen LogP contribution in [0.15, 0.2) is 83.8 Å². The van der Waals surface area contributed by atoms with E-state index in [1.807, 2.05) is 36.4 Å². The fourth-order valence-corrected chi connectivity index (χ4v) is 5.94. The second-order valence-corrected chi connectivity index (χ2v) is 12.3. The number of hydrogen-bond donors (Lipinski definition) is 1. The predicted octanol–water partition coefficient (Wildman–Crippen LogP) is 6.26. The molecule has 1 heterocycles. The predicted molar refractivity (Wildman–Crippen MR) is 159 cm³/mol. The lowest BCUT2D eigenvalue weighted by atomic mass is 10.00. The van der Waals surface area contributed by atoms with Crippen LogP contribution >= 0.6 is 0 Å². The Morgan fingerprint density at radius 2 is 1.88 bits per heavy atom. The molecular formula is C32H33FN2O5S. The number of halogens is 1. The number of anilines is 1. The van der Waals surface area contributed by atoms with Crippen molar-refractivity contribution in [3.05, 3.63) is 102 Å². The molecule has 1 saturated carbocycles. The lowest BCUT2D eigenvalue weighted by Crippen LogP contribution is -2.36. The van der Waals surface area contributed by atoms with E-state index in [2.05, 4.69) is 11.9 Å². The molecule has 41 heavy (non-hydrogen) atoms. The summed E-state index contributed by atoms with van der Waals surface area (Å²) in [6.45, 7) is 4.76. The van der Waals surface area contributed by atoms with E-state index in [1.165, 1.54) is 29.7 Å². The molecule has 1 aliphatic carbocycles. The Morgan fingerprint density at radius 3 is 2.49 bits per heavy atom. The van der Waals surface area contributed by atoms with Crippen LogP contribution in [0, 0.1) is 11.7 Å². The molecule has 1 amide bonds. The molecule has 5 rings (SSSR count). The Balaban J connectivity index is 1.54. The van der Waals surface area contributed by atoms with Crippen LogP contribution in [0.1, 0.15) is 40.2 Å². The van der Waals surface area contributed by atoms with Crippen molar-refractivity contribution >= 4 is 32.6 Å². The first-order valence-electron chi connectivity index (χ1n) is 13.5. The lowest BCUT2D eigenvalue weighted by Gasteiger charge is -2.28. The Bertz CT molecular complexity index is 1660. The lowest BCUT2D eigenvalue weighted by molar-refractivity contribution is 0.0964. The van der Waals surface area contributed by atoms with Crippen LogP contribution in [0.3, 0.4) is 0 Å². The molecule has 0 bridgehead atoms. The van der Waals surface area contributed by atoms with Gasteiger partial charge in [-0.15, -0.1) is 6.58 Å². The highest BCUT2D eigenvalue weighted by Crippen LogP contribution is 2.48. The minimum absolute atomic E-state index is 0.135. The molecule has 214 valence electrons. The Hall–Kier alpha value is -3.95. The van der Waals surface area contributed by atoms with Crippen LogP contribution in [0.4, 0.5) is 10.1 Å². The Kier molecular flexibility index (Phi) is 8.28. The highest BCUT2D eigenvalue weighted by Gasteiger charge is 2.33. The van der Waals surface area contributed by atoms with Gasteiger partial charge in [0, 0.05) is 36.5 Å². The number of nitrogens with one attached hydrogen (secondary N) is 1. The molecule has 4 aromatic rings. The standard InChI is InChI=1S/C32H33FN2O5S/c1-4-21(19-39-20-22-8-6-5-7-9-22)18-35(41(3,37)38)28-17-29-27(16-26(28)23-10-11-23)30(32(36)34-2)31(40-29)24-12-14-25(33)15-13-24/h4-9,12-17,21,23H,1,10-11,18-20H2,2-3H3,(H,34,36). The first-order valence-corrected chi connectivity index (χ1v) is 15.3. The van der Waals surface area contributed by atoms with Gasteiger partial charge in [0.15, 0.2) is 0 Å². The van der Waals surface area contributed by atoms with Gasteiger partial charge in [0.2, 0.25) is 10.0 Å². The van der Waals surface area contributed by atoms with Crippen molar-refractivity contribution < 1.29 is 26.8 Å². The largest absolute Gasteiger partial charge is 0.455 e. The third kappa shape index (κ3) is 6.36. The summed E-state index contributed by atoms with van der Waals surface area (Å²) in [5, 5.41) is 3.25. The third-order valence-corrected chi connectivity index (χ3v) is 8.41. The third-order valence-electron chi connectivity index (χ3n) is 7.26. The van der Waals surface area contributed by atoms with Gasteiger partial charge in [0.05, 0.1) is 30.7 Å². The Morgan fingerprint density at radius 1 is 1.17 bits per heavy atom. The molecule has 1 fully saturated rings. The van der Waals surface area contributed by atoms with Crippen molar-refractivity contribution in [3.63, 3.8) is 0 Å². The maximum atomic E-state index is 13.6. The summed E-state index contributed by atoms with van der Waals surface area (Å²) in [7, 11) is -2.18. The average molecular weight is 577 g/mol. The van der Waals surface area contributed by atoms with Crippen molar-refractivity contribution in [3.8, 4) is 11.3 Å². The second kappa shape index (κ2) is 11.9. The molecule has 9 heteroatoms. The van der Waals surface area contributed by atoms with Crippen LogP contribution in [0.5, 0.6) is 0 Å². The second-order valence-electron chi connectivity index (χ2n) is 10.4. The molecule has 0 spiro atoms. The minimum Gasteiger partial charge on any atom is -0.455 e. The number of rotatable bonds is 12. The zero-order chi connectivity index (χ0) is 29.1. The summed E-state index contributed by atoms with van der Waals surface area (Å²) in [5.41, 5.74) is 3.61. The van der Waals surface area contributed by atoms with Crippen LogP contribution in [0.2, 0.25) is 0 Å². The number of sulfonamides is 1. The smallest absolute Gasteiger partial charge is 0.255 e. The number of carbonyl (C=O) groups excluding carboxylic acids is 1. The van der Waals surface area contributed by atoms with Gasteiger partial charge < -0.3 is 14.5 Å². The van der Waals surface area contributed by atoms with Gasteiger partial charge in [-0.1, -0.05) is 36.4 Å². The fourth-order valence-electron chi connectivity index (χ4n) is 4.96. The summed E-state index contributed by atoms with van der Waals surface area (Å²) < 4.78 is 53.6. The molecular weight excluding hydrogens is 543 g/mol. The van der Waals surface area contributed by atoms with E-state index < -0.39 is 15.8 Å². The maximum Gasteiger partial charge on any atom is 0.255 e. The zero-order valence-electron chi connectivity index (χ0n) is 23.1. The molecule has 1 unspecified atom stereocenters. The average Bonchev–Trinajstić information content (AvgIpc) is 3.74. The maximum absolute atomic E-state index is 13.6. The number of amides is 1. The summed E-state index contributed by atoms with van der Waals surface area (Å²) in [6.07, 6.45) is 4.72. The molecule has 1 atom stereocenters. The molecule has 7 nitrogen and oxygen atoms in total. The van der Waals surface area contributed by atoms with Gasteiger partial charge in [-0.25, -0.2) is 12.8 Å². The number of benzene rings is 3. The first-order chi connectivity index (χ1) is 19.7. The van der Waals surface area contributed by atoms with Crippen molar-refractivity contribution in [1.29, 1.82) is 0 Å². The van der Waals surface area contributed by atoms with E-state index in [-0.39, 0.29) is 24.3 Å². The fraction of sp³-hybridized carbons (Fsp3) is 0.281. The van der Waals surface area contributed by atoms with E-state index in [4.69, 9.17) is 9.15 Å². The molecule has 0 aliphatic heterocycles.